The van der Waals surface area contributed by atoms with Crippen molar-refractivity contribution in [1.82, 2.24) is 0 Å². The van der Waals surface area contributed by atoms with Crippen molar-refractivity contribution in [2.45, 2.75) is 51.6 Å². The lowest BCUT2D eigenvalue weighted by atomic mass is 9.69. The first kappa shape index (κ1) is 10.2. The van der Waals surface area contributed by atoms with E-state index in [-0.39, 0.29) is 5.60 Å². The summed E-state index contributed by atoms with van der Waals surface area (Å²) in [5.74, 6) is 1.68. The van der Waals surface area contributed by atoms with Crippen LogP contribution in [0.25, 0.3) is 0 Å². The molecule has 2 heteroatoms. The van der Waals surface area contributed by atoms with Gasteiger partial charge in [-0.05, 0) is 24.7 Å². The van der Waals surface area contributed by atoms with Crippen LogP contribution in [0, 0.1) is 11.8 Å². The average molecular weight is 196 g/mol. The maximum absolute atomic E-state index is 11.5. The molecule has 1 aliphatic carbocycles. The zero-order valence-electron chi connectivity index (χ0n) is 9.21. The van der Waals surface area contributed by atoms with Crippen LogP contribution in [0.3, 0.4) is 0 Å². The third-order valence-electron chi connectivity index (χ3n) is 3.95. The van der Waals surface area contributed by atoms with Crippen LogP contribution in [0.4, 0.5) is 0 Å². The number of hydrogen-bond donors (Lipinski definition) is 0. The lowest BCUT2D eigenvalue weighted by Gasteiger charge is -2.46. The van der Waals surface area contributed by atoms with E-state index in [0.717, 1.165) is 12.3 Å². The number of carbonyl (C=O) groups excluding carboxylic acids is 1. The second-order valence-corrected chi connectivity index (χ2v) is 5.17. The maximum Gasteiger partial charge on any atom is 0.138 e. The Morgan fingerprint density at radius 2 is 2.14 bits per heavy atom. The average Bonchev–Trinajstić information content (AvgIpc) is 2.12. The SMILES string of the molecule is CC1CCC(C)C2(CC(=O)CCO2)C1. The van der Waals surface area contributed by atoms with Gasteiger partial charge in [0.05, 0.1) is 12.2 Å². The number of rotatable bonds is 0. The standard InChI is InChI=1S/C12H20O2/c1-9-3-4-10(2)12(7-9)8-11(13)5-6-14-12/h9-10H,3-8H2,1-2H3. The topological polar surface area (TPSA) is 26.3 Å². The number of ether oxygens (including phenoxy) is 1. The first-order valence-corrected chi connectivity index (χ1v) is 5.78. The Labute approximate surface area is 86.0 Å². The van der Waals surface area contributed by atoms with E-state index in [9.17, 15) is 4.79 Å². The molecule has 0 aromatic heterocycles. The summed E-state index contributed by atoms with van der Waals surface area (Å²) < 4.78 is 5.94. The predicted molar refractivity (Wildman–Crippen MR) is 55.1 cm³/mol. The Morgan fingerprint density at radius 3 is 2.86 bits per heavy atom. The number of ketones is 1. The highest BCUT2D eigenvalue weighted by atomic mass is 16.5. The van der Waals surface area contributed by atoms with E-state index in [0.29, 0.717) is 31.1 Å². The lowest BCUT2D eigenvalue weighted by Crippen LogP contribution is -2.49. The summed E-state index contributed by atoms with van der Waals surface area (Å²) in [6.07, 6.45) is 4.89. The van der Waals surface area contributed by atoms with Crippen molar-refractivity contribution in [1.29, 1.82) is 0 Å². The Morgan fingerprint density at radius 1 is 1.36 bits per heavy atom. The molecule has 1 spiro atoms. The van der Waals surface area contributed by atoms with Gasteiger partial charge in [0.1, 0.15) is 5.78 Å². The first-order chi connectivity index (χ1) is 6.62. The van der Waals surface area contributed by atoms with E-state index < -0.39 is 0 Å². The van der Waals surface area contributed by atoms with Gasteiger partial charge in [-0.1, -0.05) is 20.3 Å². The highest BCUT2D eigenvalue weighted by Crippen LogP contribution is 2.43. The van der Waals surface area contributed by atoms with Crippen LogP contribution in [-0.2, 0) is 9.53 Å². The smallest absolute Gasteiger partial charge is 0.138 e. The summed E-state index contributed by atoms with van der Waals surface area (Å²) in [6, 6.07) is 0. The van der Waals surface area contributed by atoms with E-state index in [1.54, 1.807) is 0 Å². The fourth-order valence-corrected chi connectivity index (χ4v) is 2.98. The summed E-state index contributed by atoms with van der Waals surface area (Å²) in [5.41, 5.74) is -0.0903. The molecule has 0 radical (unpaired) electrons. The maximum atomic E-state index is 11.5. The van der Waals surface area contributed by atoms with E-state index in [2.05, 4.69) is 13.8 Å². The van der Waals surface area contributed by atoms with Crippen molar-refractivity contribution in [3.63, 3.8) is 0 Å². The minimum Gasteiger partial charge on any atom is -0.374 e. The molecule has 1 saturated heterocycles. The van der Waals surface area contributed by atoms with Gasteiger partial charge in [-0.3, -0.25) is 4.79 Å². The highest BCUT2D eigenvalue weighted by molar-refractivity contribution is 5.80. The Bertz CT molecular complexity index is 236. The van der Waals surface area contributed by atoms with Gasteiger partial charge in [0, 0.05) is 12.8 Å². The van der Waals surface area contributed by atoms with E-state index in [4.69, 9.17) is 4.74 Å². The Hall–Kier alpha value is -0.370. The third-order valence-corrected chi connectivity index (χ3v) is 3.95. The van der Waals surface area contributed by atoms with E-state index in [1.807, 2.05) is 0 Å². The van der Waals surface area contributed by atoms with Gasteiger partial charge in [0.2, 0.25) is 0 Å². The molecule has 2 fully saturated rings. The van der Waals surface area contributed by atoms with Gasteiger partial charge in [-0.15, -0.1) is 0 Å². The van der Waals surface area contributed by atoms with Crippen LogP contribution in [0.1, 0.15) is 46.0 Å². The van der Waals surface area contributed by atoms with E-state index >= 15 is 0 Å². The lowest BCUT2D eigenvalue weighted by molar-refractivity contribution is -0.159. The van der Waals surface area contributed by atoms with Crippen molar-refractivity contribution in [2.24, 2.45) is 11.8 Å². The minimum atomic E-state index is -0.0903. The summed E-state index contributed by atoms with van der Waals surface area (Å²) in [4.78, 5) is 11.5. The molecule has 3 unspecified atom stereocenters. The van der Waals surface area contributed by atoms with Crippen LogP contribution in [0.5, 0.6) is 0 Å². The summed E-state index contributed by atoms with van der Waals surface area (Å²) in [7, 11) is 0. The summed E-state index contributed by atoms with van der Waals surface area (Å²) >= 11 is 0. The second-order valence-electron chi connectivity index (χ2n) is 5.17. The quantitative estimate of drug-likeness (QED) is 0.595. The van der Waals surface area contributed by atoms with Crippen molar-refractivity contribution in [2.75, 3.05) is 6.61 Å². The Kier molecular flexibility index (Phi) is 2.65. The van der Waals surface area contributed by atoms with Gasteiger partial charge >= 0.3 is 0 Å². The largest absolute Gasteiger partial charge is 0.374 e. The molecule has 80 valence electrons. The molecule has 1 saturated carbocycles. The van der Waals surface area contributed by atoms with Gasteiger partial charge in [-0.2, -0.15) is 0 Å². The molecular weight excluding hydrogens is 176 g/mol. The highest BCUT2D eigenvalue weighted by Gasteiger charge is 2.44. The fraction of sp³-hybridized carbons (Fsp3) is 0.917. The Balaban J connectivity index is 2.14. The molecule has 0 amide bonds. The summed E-state index contributed by atoms with van der Waals surface area (Å²) in [5, 5.41) is 0. The molecule has 3 atom stereocenters. The molecule has 0 bridgehead atoms. The molecule has 2 aliphatic rings. The van der Waals surface area contributed by atoms with Gasteiger partial charge < -0.3 is 4.74 Å². The molecule has 1 heterocycles. The molecular formula is C12H20O2. The number of carbonyl (C=O) groups is 1. The van der Waals surface area contributed by atoms with Crippen LogP contribution in [0.2, 0.25) is 0 Å². The summed E-state index contributed by atoms with van der Waals surface area (Å²) in [6.45, 7) is 5.16. The monoisotopic (exact) mass is 196 g/mol. The zero-order chi connectivity index (χ0) is 10.2. The van der Waals surface area contributed by atoms with Crippen LogP contribution < -0.4 is 0 Å². The van der Waals surface area contributed by atoms with Gasteiger partial charge in [0.25, 0.3) is 0 Å². The van der Waals surface area contributed by atoms with Crippen molar-refractivity contribution >= 4 is 5.78 Å². The number of Topliss-reactive ketones (excluding diaryl/α,β-unsaturated/α-hetero) is 1. The van der Waals surface area contributed by atoms with Gasteiger partial charge in [0.15, 0.2) is 0 Å². The minimum absolute atomic E-state index is 0.0903. The molecule has 0 aromatic carbocycles. The zero-order valence-corrected chi connectivity index (χ0v) is 9.21. The number of hydrogen-bond acceptors (Lipinski definition) is 2. The van der Waals surface area contributed by atoms with Crippen LogP contribution >= 0.6 is 0 Å². The van der Waals surface area contributed by atoms with Crippen molar-refractivity contribution in [3.05, 3.63) is 0 Å². The van der Waals surface area contributed by atoms with Crippen molar-refractivity contribution < 1.29 is 9.53 Å². The first-order valence-electron chi connectivity index (χ1n) is 5.78. The van der Waals surface area contributed by atoms with Gasteiger partial charge in [-0.25, -0.2) is 0 Å². The molecule has 14 heavy (non-hydrogen) atoms. The third kappa shape index (κ3) is 1.72. The predicted octanol–water partition coefficient (Wildman–Crippen LogP) is 2.56. The molecule has 2 nitrogen and oxygen atoms in total. The van der Waals surface area contributed by atoms with E-state index in [1.165, 1.54) is 12.8 Å². The van der Waals surface area contributed by atoms with Crippen molar-refractivity contribution in [3.8, 4) is 0 Å². The molecule has 1 aliphatic heterocycles. The van der Waals surface area contributed by atoms with Crippen LogP contribution in [0.15, 0.2) is 0 Å². The molecule has 0 N–H and O–H groups in total. The molecule has 2 rings (SSSR count). The normalized spacial score (nSPS) is 44.3. The molecule has 0 aromatic rings. The second kappa shape index (κ2) is 3.65. The van der Waals surface area contributed by atoms with Crippen LogP contribution in [-0.4, -0.2) is 18.0 Å². The fourth-order valence-electron chi connectivity index (χ4n) is 2.98.